The molecule has 1 aromatic heterocycles. The second-order valence-corrected chi connectivity index (χ2v) is 4.23. The van der Waals surface area contributed by atoms with Gasteiger partial charge in [0, 0.05) is 5.69 Å². The van der Waals surface area contributed by atoms with Crippen molar-refractivity contribution in [1.29, 1.82) is 0 Å². The summed E-state index contributed by atoms with van der Waals surface area (Å²) < 4.78 is 4.92. The highest BCUT2D eigenvalue weighted by Crippen LogP contribution is 2.30. The standard InChI is InChI=1S/C11H10Cl2N4O/c1-18-11-15-5-8(13)10(17-11)16-9-4-6(14)2-3-7(9)12/h2-5H,14H2,1H3,(H,15,16,17). The molecule has 0 saturated carbocycles. The van der Waals surface area contributed by atoms with Gasteiger partial charge in [-0.1, -0.05) is 23.2 Å². The molecule has 0 saturated heterocycles. The number of anilines is 3. The van der Waals surface area contributed by atoms with Crippen LogP contribution in [0.3, 0.4) is 0 Å². The third kappa shape index (κ3) is 2.75. The molecule has 0 bridgehead atoms. The predicted octanol–water partition coefficient (Wildman–Crippen LogP) is 3.12. The number of nitrogen functional groups attached to an aromatic ring is 1. The maximum Gasteiger partial charge on any atom is 0.318 e. The Kier molecular flexibility index (Phi) is 3.74. The molecule has 5 nitrogen and oxygen atoms in total. The molecule has 2 aromatic rings. The van der Waals surface area contributed by atoms with E-state index in [1.165, 1.54) is 13.3 Å². The molecular formula is C11H10Cl2N4O. The topological polar surface area (TPSA) is 73.1 Å². The fourth-order valence-corrected chi connectivity index (χ4v) is 1.61. The molecule has 94 valence electrons. The van der Waals surface area contributed by atoms with E-state index < -0.39 is 0 Å². The molecular weight excluding hydrogens is 275 g/mol. The van der Waals surface area contributed by atoms with Gasteiger partial charge in [-0.05, 0) is 18.2 Å². The van der Waals surface area contributed by atoms with E-state index in [-0.39, 0.29) is 6.01 Å². The van der Waals surface area contributed by atoms with Crippen LogP contribution in [-0.2, 0) is 0 Å². The zero-order valence-electron chi connectivity index (χ0n) is 9.45. The number of methoxy groups -OCH3 is 1. The predicted molar refractivity (Wildman–Crippen MR) is 72.7 cm³/mol. The molecule has 0 atom stereocenters. The lowest BCUT2D eigenvalue weighted by Crippen LogP contribution is -2.00. The number of nitrogens with two attached hydrogens (primary N) is 1. The highest BCUT2D eigenvalue weighted by atomic mass is 35.5. The Morgan fingerprint density at radius 2 is 2.06 bits per heavy atom. The number of hydrogen-bond donors (Lipinski definition) is 2. The van der Waals surface area contributed by atoms with Gasteiger partial charge >= 0.3 is 6.01 Å². The zero-order valence-corrected chi connectivity index (χ0v) is 11.0. The third-order valence-electron chi connectivity index (χ3n) is 2.15. The molecule has 0 unspecified atom stereocenters. The molecule has 3 N–H and O–H groups in total. The van der Waals surface area contributed by atoms with Crippen molar-refractivity contribution in [3.8, 4) is 6.01 Å². The first-order valence-corrected chi connectivity index (χ1v) is 5.74. The van der Waals surface area contributed by atoms with Crippen LogP contribution in [0.2, 0.25) is 10.0 Å². The van der Waals surface area contributed by atoms with Gasteiger partial charge < -0.3 is 15.8 Å². The maximum atomic E-state index is 6.04. The van der Waals surface area contributed by atoms with E-state index in [1.54, 1.807) is 18.2 Å². The van der Waals surface area contributed by atoms with Crippen molar-refractivity contribution in [2.45, 2.75) is 0 Å². The second kappa shape index (κ2) is 5.29. The van der Waals surface area contributed by atoms with Gasteiger partial charge in [0.25, 0.3) is 0 Å². The Balaban J connectivity index is 2.36. The Labute approximate surface area is 114 Å². The fourth-order valence-electron chi connectivity index (χ4n) is 1.30. The smallest absolute Gasteiger partial charge is 0.318 e. The summed E-state index contributed by atoms with van der Waals surface area (Å²) in [5.74, 6) is 0.399. The van der Waals surface area contributed by atoms with Gasteiger partial charge in [0.05, 0.1) is 24.0 Å². The van der Waals surface area contributed by atoms with Crippen LogP contribution in [0, 0.1) is 0 Å². The molecule has 0 fully saturated rings. The normalized spacial score (nSPS) is 10.2. The van der Waals surface area contributed by atoms with E-state index in [0.29, 0.717) is 27.2 Å². The van der Waals surface area contributed by atoms with Crippen LogP contribution in [-0.4, -0.2) is 17.1 Å². The first kappa shape index (κ1) is 12.7. The third-order valence-corrected chi connectivity index (χ3v) is 2.75. The summed E-state index contributed by atoms with van der Waals surface area (Å²) >= 11 is 12.0. The minimum Gasteiger partial charge on any atom is -0.467 e. The van der Waals surface area contributed by atoms with Gasteiger partial charge in [-0.15, -0.1) is 0 Å². The highest BCUT2D eigenvalue weighted by molar-refractivity contribution is 6.34. The van der Waals surface area contributed by atoms with Gasteiger partial charge in [-0.2, -0.15) is 4.98 Å². The highest BCUT2D eigenvalue weighted by Gasteiger charge is 2.08. The summed E-state index contributed by atoms with van der Waals surface area (Å²) in [4.78, 5) is 7.96. The molecule has 18 heavy (non-hydrogen) atoms. The lowest BCUT2D eigenvalue weighted by atomic mass is 10.3. The van der Waals surface area contributed by atoms with Crippen molar-refractivity contribution in [2.75, 3.05) is 18.2 Å². The van der Waals surface area contributed by atoms with Crippen LogP contribution >= 0.6 is 23.2 Å². The average Bonchev–Trinajstić information content (AvgIpc) is 2.36. The van der Waals surface area contributed by atoms with Crippen molar-refractivity contribution in [3.63, 3.8) is 0 Å². The molecule has 0 aliphatic carbocycles. The van der Waals surface area contributed by atoms with E-state index >= 15 is 0 Å². The van der Waals surface area contributed by atoms with E-state index in [0.717, 1.165) is 0 Å². The van der Waals surface area contributed by atoms with Gasteiger partial charge in [-0.3, -0.25) is 0 Å². The summed E-state index contributed by atoms with van der Waals surface area (Å²) in [7, 11) is 1.47. The monoisotopic (exact) mass is 284 g/mol. The molecule has 0 spiro atoms. The summed E-state index contributed by atoms with van der Waals surface area (Å²) in [6.45, 7) is 0. The number of benzene rings is 1. The number of nitrogens with zero attached hydrogens (tertiary/aromatic N) is 2. The van der Waals surface area contributed by atoms with E-state index in [2.05, 4.69) is 15.3 Å². The Morgan fingerprint density at radius 1 is 1.28 bits per heavy atom. The number of ether oxygens (including phenoxy) is 1. The summed E-state index contributed by atoms with van der Waals surface area (Å²) in [6, 6.07) is 5.29. The number of halogens is 2. The molecule has 7 heteroatoms. The fraction of sp³-hybridized carbons (Fsp3) is 0.0909. The lowest BCUT2D eigenvalue weighted by molar-refractivity contribution is 0.380. The van der Waals surface area contributed by atoms with Crippen LogP contribution in [0.25, 0.3) is 0 Å². The SMILES string of the molecule is COc1ncc(Cl)c(Nc2cc(N)ccc2Cl)n1. The average molecular weight is 285 g/mol. The summed E-state index contributed by atoms with van der Waals surface area (Å²) in [6.07, 6.45) is 1.44. The molecule has 2 rings (SSSR count). The first-order chi connectivity index (χ1) is 8.60. The Bertz CT molecular complexity index is 577. The summed E-state index contributed by atoms with van der Waals surface area (Å²) in [5, 5.41) is 3.85. The number of aromatic nitrogens is 2. The quantitative estimate of drug-likeness (QED) is 0.848. The number of hydrogen-bond acceptors (Lipinski definition) is 5. The minimum atomic E-state index is 0.210. The molecule has 1 aromatic carbocycles. The Morgan fingerprint density at radius 3 is 2.78 bits per heavy atom. The minimum absolute atomic E-state index is 0.210. The maximum absolute atomic E-state index is 6.04. The largest absolute Gasteiger partial charge is 0.467 e. The van der Waals surface area contributed by atoms with Gasteiger partial charge in [0.2, 0.25) is 0 Å². The van der Waals surface area contributed by atoms with Crippen LogP contribution in [0.5, 0.6) is 6.01 Å². The van der Waals surface area contributed by atoms with E-state index in [1.807, 2.05) is 0 Å². The van der Waals surface area contributed by atoms with Gasteiger partial charge in [0.15, 0.2) is 5.82 Å². The van der Waals surface area contributed by atoms with E-state index in [4.69, 9.17) is 33.7 Å². The van der Waals surface area contributed by atoms with Crippen LogP contribution in [0.15, 0.2) is 24.4 Å². The van der Waals surface area contributed by atoms with Gasteiger partial charge in [0.1, 0.15) is 5.02 Å². The van der Waals surface area contributed by atoms with Crippen LogP contribution in [0.4, 0.5) is 17.2 Å². The van der Waals surface area contributed by atoms with Gasteiger partial charge in [-0.25, -0.2) is 4.98 Å². The second-order valence-electron chi connectivity index (χ2n) is 3.42. The van der Waals surface area contributed by atoms with Crippen molar-refractivity contribution in [2.24, 2.45) is 0 Å². The first-order valence-electron chi connectivity index (χ1n) is 4.98. The molecule has 0 aliphatic rings. The molecule has 0 radical (unpaired) electrons. The van der Waals surface area contributed by atoms with Crippen molar-refractivity contribution >= 4 is 40.4 Å². The van der Waals surface area contributed by atoms with Crippen molar-refractivity contribution in [1.82, 2.24) is 9.97 Å². The molecule has 1 heterocycles. The lowest BCUT2D eigenvalue weighted by Gasteiger charge is -2.10. The Hall–Kier alpha value is -1.72. The van der Waals surface area contributed by atoms with Crippen LogP contribution < -0.4 is 15.8 Å². The van der Waals surface area contributed by atoms with Crippen molar-refractivity contribution < 1.29 is 4.74 Å². The number of rotatable bonds is 3. The summed E-state index contributed by atoms with van der Waals surface area (Å²) in [5.41, 5.74) is 6.88. The van der Waals surface area contributed by atoms with Crippen LogP contribution in [0.1, 0.15) is 0 Å². The zero-order chi connectivity index (χ0) is 13.1. The van der Waals surface area contributed by atoms with E-state index in [9.17, 15) is 0 Å². The number of nitrogens with one attached hydrogen (secondary N) is 1. The molecule has 0 amide bonds. The van der Waals surface area contributed by atoms with Crippen molar-refractivity contribution in [3.05, 3.63) is 34.4 Å². The molecule has 0 aliphatic heterocycles.